The monoisotopic (exact) mass is 344 g/mol. The molecule has 0 fully saturated rings. The number of carbonyl (C=O) groups is 1. The molecule has 2 rings (SSSR count). The van der Waals surface area contributed by atoms with Crippen LogP contribution in [0.15, 0.2) is 46.4 Å². The molecule has 0 aliphatic rings. The Hall–Kier alpha value is -3.49. The number of hydrogen-bond donors (Lipinski definition) is 1. The molecule has 9 nitrogen and oxygen atoms in total. The van der Waals surface area contributed by atoms with Crippen molar-refractivity contribution in [3.63, 3.8) is 0 Å². The third-order valence-electron chi connectivity index (χ3n) is 3.38. The van der Waals surface area contributed by atoms with Gasteiger partial charge in [-0.2, -0.15) is 5.10 Å². The highest BCUT2D eigenvalue weighted by Gasteiger charge is 2.14. The number of aromatic nitrogens is 1. The predicted octanol–water partition coefficient (Wildman–Crippen LogP) is 1.55. The molecule has 9 heteroatoms. The lowest BCUT2D eigenvalue weighted by Gasteiger charge is -2.04. The minimum atomic E-state index is -0.660. The molecule has 1 aromatic heterocycles. The normalized spacial score (nSPS) is 10.6. The average molecular weight is 344 g/mol. The number of amides is 1. The van der Waals surface area contributed by atoms with E-state index < -0.39 is 16.4 Å². The van der Waals surface area contributed by atoms with Gasteiger partial charge in [0.2, 0.25) is 0 Å². The van der Waals surface area contributed by atoms with Crippen LogP contribution in [0.25, 0.3) is 0 Å². The second kappa shape index (κ2) is 7.86. The summed E-state index contributed by atoms with van der Waals surface area (Å²) in [6.45, 7) is 2.23. The Morgan fingerprint density at radius 1 is 1.44 bits per heavy atom. The van der Waals surface area contributed by atoms with Crippen molar-refractivity contribution >= 4 is 17.8 Å². The Balaban J connectivity index is 2.16. The van der Waals surface area contributed by atoms with Gasteiger partial charge in [0.1, 0.15) is 5.56 Å². The van der Waals surface area contributed by atoms with Gasteiger partial charge in [-0.05, 0) is 31.2 Å². The van der Waals surface area contributed by atoms with Crippen LogP contribution in [-0.2, 0) is 6.54 Å². The quantitative estimate of drug-likeness (QED) is 0.485. The fraction of sp³-hybridized carbons (Fsp3) is 0.188. The number of benzene rings is 1. The van der Waals surface area contributed by atoms with Gasteiger partial charge in [0.15, 0.2) is 5.75 Å². The fourth-order valence-electron chi connectivity index (χ4n) is 2.11. The molecular formula is C16H16N4O5. The molecule has 0 spiro atoms. The zero-order valence-corrected chi connectivity index (χ0v) is 13.6. The summed E-state index contributed by atoms with van der Waals surface area (Å²) < 4.78 is 6.30. The van der Waals surface area contributed by atoms with Crippen molar-refractivity contribution in [2.24, 2.45) is 5.10 Å². The van der Waals surface area contributed by atoms with Gasteiger partial charge < -0.3 is 9.30 Å². The number of ether oxygens (including phenoxy) is 1. The third-order valence-corrected chi connectivity index (χ3v) is 3.38. The van der Waals surface area contributed by atoms with Crippen LogP contribution in [0.5, 0.6) is 5.75 Å². The number of nitrogens with zero attached hydrogens (tertiary/aromatic N) is 3. The molecule has 130 valence electrons. The standard InChI is InChI=1S/C16H16N4O5/c1-3-19-8-4-5-12(16(19)22)15(21)18-17-10-11-6-7-14(25-2)13(9-11)20(23)24/h4-10H,3H2,1-2H3,(H,18,21)/b17-10-. The number of aryl methyl sites for hydroxylation is 1. The van der Waals surface area contributed by atoms with Gasteiger partial charge in [0, 0.05) is 24.4 Å². The Kier molecular flexibility index (Phi) is 5.62. The fourth-order valence-corrected chi connectivity index (χ4v) is 2.11. The van der Waals surface area contributed by atoms with Crippen LogP contribution in [0.1, 0.15) is 22.8 Å². The van der Waals surface area contributed by atoms with E-state index in [4.69, 9.17) is 4.74 Å². The number of hydrogen-bond acceptors (Lipinski definition) is 6. The molecule has 0 saturated carbocycles. The maximum Gasteiger partial charge on any atom is 0.311 e. The summed E-state index contributed by atoms with van der Waals surface area (Å²) in [5, 5.41) is 14.7. The Bertz CT molecular complexity index is 888. The number of rotatable bonds is 6. The van der Waals surface area contributed by atoms with Crippen LogP contribution in [-0.4, -0.2) is 28.7 Å². The summed E-state index contributed by atoms with van der Waals surface area (Å²) in [6.07, 6.45) is 2.82. The van der Waals surface area contributed by atoms with Crippen LogP contribution in [0.2, 0.25) is 0 Å². The summed E-state index contributed by atoms with van der Waals surface area (Å²) >= 11 is 0. The molecule has 0 aliphatic carbocycles. The average Bonchev–Trinajstić information content (AvgIpc) is 2.61. The largest absolute Gasteiger partial charge is 0.490 e. The Morgan fingerprint density at radius 3 is 2.84 bits per heavy atom. The SMILES string of the molecule is CCn1cccc(C(=O)N/N=C\c2ccc(OC)c([N+](=O)[O-])c2)c1=O. The first-order valence-corrected chi connectivity index (χ1v) is 7.33. The zero-order chi connectivity index (χ0) is 18.4. The van der Waals surface area contributed by atoms with Crippen LogP contribution in [0.3, 0.4) is 0 Å². The van der Waals surface area contributed by atoms with Gasteiger partial charge in [-0.25, -0.2) is 5.43 Å². The number of methoxy groups -OCH3 is 1. The van der Waals surface area contributed by atoms with Crippen molar-refractivity contribution in [1.29, 1.82) is 0 Å². The number of nitro benzene ring substituents is 1. The molecule has 0 aliphatic heterocycles. The van der Waals surface area contributed by atoms with Gasteiger partial charge in [0.05, 0.1) is 18.2 Å². The highest BCUT2D eigenvalue weighted by molar-refractivity contribution is 5.94. The summed E-state index contributed by atoms with van der Waals surface area (Å²) in [6, 6.07) is 7.24. The van der Waals surface area contributed by atoms with E-state index in [1.165, 1.54) is 36.1 Å². The molecule has 1 heterocycles. The topological polar surface area (TPSA) is 116 Å². The van der Waals surface area contributed by atoms with Gasteiger partial charge in [-0.15, -0.1) is 0 Å². The van der Waals surface area contributed by atoms with Crippen LogP contribution >= 0.6 is 0 Å². The number of carbonyl (C=O) groups excluding carboxylic acids is 1. The second-order valence-electron chi connectivity index (χ2n) is 4.90. The molecule has 1 amide bonds. The molecule has 0 saturated heterocycles. The highest BCUT2D eigenvalue weighted by atomic mass is 16.6. The molecule has 25 heavy (non-hydrogen) atoms. The first kappa shape index (κ1) is 17.9. The number of hydrazone groups is 1. The summed E-state index contributed by atoms with van der Waals surface area (Å²) in [7, 11) is 1.33. The van der Waals surface area contributed by atoms with E-state index in [2.05, 4.69) is 10.5 Å². The van der Waals surface area contributed by atoms with E-state index in [-0.39, 0.29) is 17.0 Å². The van der Waals surface area contributed by atoms with E-state index in [0.29, 0.717) is 12.1 Å². The maximum atomic E-state index is 12.0. The third kappa shape index (κ3) is 4.08. The minimum absolute atomic E-state index is 0.0396. The molecule has 1 N–H and O–H groups in total. The van der Waals surface area contributed by atoms with E-state index in [1.54, 1.807) is 25.3 Å². The number of pyridine rings is 1. The van der Waals surface area contributed by atoms with E-state index >= 15 is 0 Å². The Morgan fingerprint density at radius 2 is 2.20 bits per heavy atom. The molecular weight excluding hydrogens is 328 g/mol. The summed E-state index contributed by atoms with van der Waals surface area (Å²) in [4.78, 5) is 34.5. The molecule has 0 atom stereocenters. The first-order chi connectivity index (χ1) is 12.0. The van der Waals surface area contributed by atoms with Gasteiger partial charge in [0.25, 0.3) is 11.5 Å². The Labute approximate surface area is 142 Å². The van der Waals surface area contributed by atoms with Crippen molar-refractivity contribution < 1.29 is 14.5 Å². The lowest BCUT2D eigenvalue weighted by Crippen LogP contribution is -2.30. The van der Waals surface area contributed by atoms with Gasteiger partial charge >= 0.3 is 5.69 Å². The minimum Gasteiger partial charge on any atom is -0.490 e. The first-order valence-electron chi connectivity index (χ1n) is 7.33. The molecule has 1 aromatic carbocycles. The molecule has 0 unspecified atom stereocenters. The smallest absolute Gasteiger partial charge is 0.311 e. The van der Waals surface area contributed by atoms with Crippen molar-refractivity contribution in [2.45, 2.75) is 13.5 Å². The van der Waals surface area contributed by atoms with Crippen molar-refractivity contribution in [3.8, 4) is 5.75 Å². The van der Waals surface area contributed by atoms with Crippen molar-refractivity contribution in [3.05, 3.63) is 68.1 Å². The maximum absolute atomic E-state index is 12.0. The predicted molar refractivity (Wildman–Crippen MR) is 91.1 cm³/mol. The van der Waals surface area contributed by atoms with Crippen LogP contribution in [0, 0.1) is 10.1 Å². The van der Waals surface area contributed by atoms with Gasteiger partial charge in [-0.1, -0.05) is 0 Å². The van der Waals surface area contributed by atoms with Crippen molar-refractivity contribution in [2.75, 3.05) is 7.11 Å². The van der Waals surface area contributed by atoms with Crippen LogP contribution in [0.4, 0.5) is 5.69 Å². The summed E-state index contributed by atoms with van der Waals surface area (Å²) in [5.41, 5.74) is 1.95. The van der Waals surface area contributed by atoms with E-state index in [9.17, 15) is 19.7 Å². The van der Waals surface area contributed by atoms with Crippen molar-refractivity contribution in [1.82, 2.24) is 9.99 Å². The lowest BCUT2D eigenvalue weighted by atomic mass is 10.2. The van der Waals surface area contributed by atoms with Crippen LogP contribution < -0.4 is 15.7 Å². The number of nitrogens with one attached hydrogen (secondary N) is 1. The molecule has 2 aromatic rings. The highest BCUT2D eigenvalue weighted by Crippen LogP contribution is 2.26. The molecule has 0 radical (unpaired) electrons. The summed E-state index contributed by atoms with van der Waals surface area (Å²) in [5.74, 6) is -0.539. The van der Waals surface area contributed by atoms with E-state index in [0.717, 1.165) is 0 Å². The lowest BCUT2D eigenvalue weighted by molar-refractivity contribution is -0.385. The van der Waals surface area contributed by atoms with E-state index in [1.807, 2.05) is 0 Å². The zero-order valence-electron chi connectivity index (χ0n) is 13.6. The second-order valence-corrected chi connectivity index (χ2v) is 4.90. The molecule has 0 bridgehead atoms. The van der Waals surface area contributed by atoms with Gasteiger partial charge in [-0.3, -0.25) is 19.7 Å². The number of nitro groups is 1.